The summed E-state index contributed by atoms with van der Waals surface area (Å²) in [6, 6.07) is 10.2. The lowest BCUT2D eigenvalue weighted by molar-refractivity contribution is -0.145. The van der Waals surface area contributed by atoms with Crippen molar-refractivity contribution < 1.29 is 14.3 Å². The van der Waals surface area contributed by atoms with Crippen LogP contribution in [0.25, 0.3) is 0 Å². The Morgan fingerprint density at radius 2 is 2.06 bits per heavy atom. The van der Waals surface area contributed by atoms with Crippen molar-refractivity contribution in [3.05, 3.63) is 47.8 Å². The smallest absolute Gasteiger partial charge is 0.248 e. The Hall–Kier alpha value is -3.18. The minimum atomic E-state index is -0.452. The average molecular weight is 462 g/mol. The summed E-state index contributed by atoms with van der Waals surface area (Å²) < 4.78 is 11.7. The first-order chi connectivity index (χ1) is 16.5. The molecule has 0 radical (unpaired) electrons. The Morgan fingerprint density at radius 3 is 2.74 bits per heavy atom. The number of carbonyl (C=O) groups excluding carboxylic acids is 1. The molecule has 3 aliphatic rings. The first kappa shape index (κ1) is 22.6. The van der Waals surface area contributed by atoms with E-state index in [2.05, 4.69) is 27.9 Å². The van der Waals surface area contributed by atoms with Crippen LogP contribution in [0.15, 0.2) is 36.7 Å². The van der Waals surface area contributed by atoms with Gasteiger partial charge in [-0.05, 0) is 48.9 Å². The highest BCUT2D eigenvalue weighted by molar-refractivity contribution is 5.78. The molecule has 8 nitrogen and oxygen atoms in total. The fraction of sp³-hybridized carbons (Fsp3) is 0.538. The van der Waals surface area contributed by atoms with Crippen molar-refractivity contribution in [2.24, 2.45) is 5.92 Å². The van der Waals surface area contributed by atoms with Crippen LogP contribution < -0.4 is 9.64 Å². The van der Waals surface area contributed by atoms with Crippen LogP contribution in [-0.2, 0) is 15.1 Å². The number of piperazine rings is 1. The van der Waals surface area contributed by atoms with Crippen molar-refractivity contribution in [1.82, 2.24) is 14.9 Å². The van der Waals surface area contributed by atoms with Crippen LogP contribution in [-0.4, -0.2) is 59.7 Å². The van der Waals surface area contributed by atoms with Crippen LogP contribution in [0.2, 0.25) is 0 Å². The Morgan fingerprint density at radius 1 is 1.24 bits per heavy atom. The summed E-state index contributed by atoms with van der Waals surface area (Å²) in [6.07, 6.45) is 8.35. The Labute approximate surface area is 200 Å². The molecule has 2 bridgehead atoms. The molecule has 5 rings (SSSR count). The van der Waals surface area contributed by atoms with Gasteiger partial charge in [0.05, 0.1) is 24.3 Å². The number of rotatable bonds is 6. The number of likely N-dealkylation sites (tertiary alicyclic amines) is 1. The molecule has 8 heteroatoms. The minimum absolute atomic E-state index is 0.0452. The maximum atomic E-state index is 13.3. The largest absolute Gasteiger partial charge is 0.481 e. The predicted molar refractivity (Wildman–Crippen MR) is 126 cm³/mol. The Bertz CT molecular complexity index is 1080. The van der Waals surface area contributed by atoms with E-state index in [0.717, 1.165) is 43.5 Å². The van der Waals surface area contributed by atoms with Gasteiger partial charge in [-0.25, -0.2) is 9.97 Å². The van der Waals surface area contributed by atoms with Gasteiger partial charge in [-0.2, -0.15) is 5.26 Å². The van der Waals surface area contributed by atoms with Gasteiger partial charge < -0.3 is 19.3 Å². The molecule has 1 saturated carbocycles. The predicted octanol–water partition coefficient (Wildman–Crippen LogP) is 3.27. The first-order valence-corrected chi connectivity index (χ1v) is 12.1. The number of carbonyl (C=O) groups is 1. The number of aromatic nitrogens is 2. The van der Waals surface area contributed by atoms with Gasteiger partial charge in [-0.3, -0.25) is 4.79 Å². The molecule has 0 aromatic carbocycles. The molecule has 1 amide bonds. The monoisotopic (exact) mass is 461 g/mol. The fourth-order valence-corrected chi connectivity index (χ4v) is 5.95. The summed E-state index contributed by atoms with van der Waals surface area (Å²) in [5.74, 6) is 1.96. The number of hydrogen-bond acceptors (Lipinski definition) is 7. The van der Waals surface area contributed by atoms with Gasteiger partial charge in [0.15, 0.2) is 0 Å². The third kappa shape index (κ3) is 4.09. The molecule has 1 aliphatic carbocycles. The maximum absolute atomic E-state index is 13.3. The summed E-state index contributed by atoms with van der Waals surface area (Å²) in [7, 11) is 1.61. The second-order valence-corrected chi connectivity index (χ2v) is 9.73. The Kier molecular flexibility index (Phi) is 6.13. The molecule has 2 unspecified atom stereocenters. The van der Waals surface area contributed by atoms with Crippen molar-refractivity contribution >= 4 is 11.7 Å². The number of methoxy groups -OCH3 is 1. The van der Waals surface area contributed by atoms with Crippen LogP contribution in [0.4, 0.5) is 5.82 Å². The minimum Gasteiger partial charge on any atom is -0.481 e. The molecule has 178 valence electrons. The van der Waals surface area contributed by atoms with Gasteiger partial charge in [0.1, 0.15) is 18.5 Å². The highest BCUT2D eigenvalue weighted by Crippen LogP contribution is 2.43. The number of fused-ring (bicyclic) bond motifs is 2. The van der Waals surface area contributed by atoms with E-state index in [1.165, 1.54) is 0 Å². The van der Waals surface area contributed by atoms with Crippen LogP contribution >= 0.6 is 0 Å². The van der Waals surface area contributed by atoms with E-state index in [0.29, 0.717) is 30.5 Å². The number of anilines is 1. The van der Waals surface area contributed by atoms with E-state index in [1.807, 2.05) is 29.2 Å². The Balaban J connectivity index is 1.27. The van der Waals surface area contributed by atoms with Gasteiger partial charge in [0.25, 0.3) is 0 Å². The summed E-state index contributed by atoms with van der Waals surface area (Å²) in [5.41, 5.74) is 1.14. The molecule has 3 atom stereocenters. The number of pyridine rings is 2. The summed E-state index contributed by atoms with van der Waals surface area (Å²) in [6.45, 7) is 3.65. The van der Waals surface area contributed by atoms with E-state index in [1.54, 1.807) is 19.5 Å². The number of hydrogen-bond donors (Lipinski definition) is 0. The standard InChI is InChI=1S/C26H31N5O3/c1-18-11-21-15-30(16-22(18)31(21)23-6-5-19(13-27)14-29-23)25(32)17-34-26(8-3-4-9-26)20-7-10-28-24(12-20)33-2/h5-7,10,12,14,18,21-22H,3-4,8-9,11,15-17H2,1-2H3/t18-,21?,22?/m0/s1. The highest BCUT2D eigenvalue weighted by atomic mass is 16.5. The van der Waals surface area contributed by atoms with Gasteiger partial charge in [-0.15, -0.1) is 0 Å². The quantitative estimate of drug-likeness (QED) is 0.652. The summed E-state index contributed by atoms with van der Waals surface area (Å²) in [4.78, 5) is 26.4. The molecular weight excluding hydrogens is 430 g/mol. The lowest BCUT2D eigenvalue weighted by atomic mass is 9.92. The van der Waals surface area contributed by atoms with E-state index >= 15 is 0 Å². The van der Waals surface area contributed by atoms with E-state index in [4.69, 9.17) is 14.7 Å². The van der Waals surface area contributed by atoms with E-state index in [-0.39, 0.29) is 24.6 Å². The third-order valence-electron chi connectivity index (χ3n) is 7.74. The highest BCUT2D eigenvalue weighted by Gasteiger charge is 2.46. The van der Waals surface area contributed by atoms with Gasteiger partial charge in [0, 0.05) is 37.6 Å². The van der Waals surface area contributed by atoms with E-state index < -0.39 is 5.60 Å². The van der Waals surface area contributed by atoms with Crippen LogP contribution in [0.5, 0.6) is 5.88 Å². The lowest BCUT2D eigenvalue weighted by Gasteiger charge is -2.42. The SMILES string of the molecule is COc1cc(C2(OCC(=O)N3CC4C[C@H](C)C(C3)N4c3ccc(C#N)cn3)CCCC2)ccn1. The van der Waals surface area contributed by atoms with Crippen molar-refractivity contribution in [2.75, 3.05) is 31.7 Å². The zero-order valence-electron chi connectivity index (χ0n) is 19.8. The van der Waals surface area contributed by atoms with Gasteiger partial charge >= 0.3 is 0 Å². The number of nitrogens with zero attached hydrogens (tertiary/aromatic N) is 5. The molecule has 0 N–H and O–H groups in total. The average Bonchev–Trinajstić information content (AvgIpc) is 3.44. The lowest BCUT2D eigenvalue weighted by Crippen LogP contribution is -2.57. The van der Waals surface area contributed by atoms with Gasteiger partial charge in [-0.1, -0.05) is 19.8 Å². The van der Waals surface area contributed by atoms with Crippen molar-refractivity contribution in [2.45, 2.75) is 56.7 Å². The van der Waals surface area contributed by atoms with E-state index in [9.17, 15) is 4.79 Å². The van der Waals surface area contributed by atoms with Crippen LogP contribution in [0.1, 0.15) is 50.2 Å². The third-order valence-corrected chi connectivity index (χ3v) is 7.74. The molecule has 2 aromatic heterocycles. The first-order valence-electron chi connectivity index (χ1n) is 12.1. The van der Waals surface area contributed by atoms with Crippen molar-refractivity contribution in [1.29, 1.82) is 5.26 Å². The molecule has 34 heavy (non-hydrogen) atoms. The van der Waals surface area contributed by atoms with Crippen LogP contribution in [0, 0.1) is 17.2 Å². The molecular formula is C26H31N5O3. The van der Waals surface area contributed by atoms with Gasteiger partial charge in [0.2, 0.25) is 11.8 Å². The fourth-order valence-electron chi connectivity index (χ4n) is 5.95. The molecule has 3 fully saturated rings. The molecule has 0 spiro atoms. The van der Waals surface area contributed by atoms with Crippen LogP contribution in [0.3, 0.4) is 0 Å². The molecule has 2 aromatic rings. The summed E-state index contributed by atoms with van der Waals surface area (Å²) in [5, 5.41) is 9.07. The van der Waals surface area contributed by atoms with Crippen molar-refractivity contribution in [3.63, 3.8) is 0 Å². The topological polar surface area (TPSA) is 91.6 Å². The molecule has 2 aliphatic heterocycles. The number of ether oxygens (including phenoxy) is 2. The zero-order chi connectivity index (χ0) is 23.7. The molecule has 4 heterocycles. The number of amides is 1. The second-order valence-electron chi connectivity index (χ2n) is 9.73. The summed E-state index contributed by atoms with van der Waals surface area (Å²) >= 11 is 0. The normalized spacial score (nSPS) is 25.3. The second kappa shape index (κ2) is 9.22. The maximum Gasteiger partial charge on any atom is 0.248 e. The van der Waals surface area contributed by atoms with Crippen molar-refractivity contribution in [3.8, 4) is 11.9 Å². The zero-order valence-corrected chi connectivity index (χ0v) is 19.8. The number of nitriles is 1. The molecule has 2 saturated heterocycles.